The summed E-state index contributed by atoms with van der Waals surface area (Å²) in [5.41, 5.74) is 0. The van der Waals surface area contributed by atoms with Crippen molar-refractivity contribution in [2.75, 3.05) is 39.8 Å². The molecule has 2 atom stereocenters. The molecule has 1 N–H and O–H groups in total. The van der Waals surface area contributed by atoms with Gasteiger partial charge in [-0.2, -0.15) is 0 Å². The molecule has 2 aliphatic rings. The number of likely N-dealkylation sites (tertiary alicyclic amines) is 2. The predicted molar refractivity (Wildman–Crippen MR) is 82.6 cm³/mol. The first-order chi connectivity index (χ1) is 9.20. The van der Waals surface area contributed by atoms with Crippen LogP contribution in [-0.4, -0.2) is 61.7 Å². The quantitative estimate of drug-likeness (QED) is 0.842. The molecule has 112 valence electrons. The van der Waals surface area contributed by atoms with Crippen LogP contribution in [-0.2, 0) is 0 Å². The van der Waals surface area contributed by atoms with Crippen LogP contribution in [0.4, 0.5) is 0 Å². The van der Waals surface area contributed by atoms with Gasteiger partial charge < -0.3 is 15.1 Å². The molecular weight excluding hydrogens is 234 g/mol. The highest BCUT2D eigenvalue weighted by molar-refractivity contribution is 4.83. The Morgan fingerprint density at radius 1 is 1.05 bits per heavy atom. The minimum Gasteiger partial charge on any atom is -0.319 e. The van der Waals surface area contributed by atoms with E-state index in [4.69, 9.17) is 0 Å². The van der Waals surface area contributed by atoms with E-state index in [1.54, 1.807) is 0 Å². The fraction of sp³-hybridized carbons (Fsp3) is 1.00. The molecule has 0 aromatic carbocycles. The molecule has 0 radical (unpaired) electrons. The van der Waals surface area contributed by atoms with E-state index in [-0.39, 0.29) is 0 Å². The van der Waals surface area contributed by atoms with Crippen LogP contribution in [0.5, 0.6) is 0 Å². The van der Waals surface area contributed by atoms with Crippen LogP contribution in [0, 0.1) is 5.92 Å². The molecule has 3 nitrogen and oxygen atoms in total. The lowest BCUT2D eigenvalue weighted by Crippen LogP contribution is -2.45. The third kappa shape index (κ3) is 4.44. The number of nitrogens with zero attached hydrogens (tertiary/aromatic N) is 2. The van der Waals surface area contributed by atoms with Crippen LogP contribution in [0.25, 0.3) is 0 Å². The number of piperidine rings is 1. The summed E-state index contributed by atoms with van der Waals surface area (Å²) in [6.45, 7) is 11.1. The van der Waals surface area contributed by atoms with Gasteiger partial charge in [0.25, 0.3) is 0 Å². The van der Waals surface area contributed by atoms with E-state index in [1.807, 2.05) is 0 Å². The van der Waals surface area contributed by atoms with Gasteiger partial charge in [0.15, 0.2) is 0 Å². The third-order valence-electron chi connectivity index (χ3n) is 5.02. The van der Waals surface area contributed by atoms with Crippen LogP contribution in [0.15, 0.2) is 0 Å². The van der Waals surface area contributed by atoms with Gasteiger partial charge in [0.1, 0.15) is 0 Å². The van der Waals surface area contributed by atoms with Crippen LogP contribution >= 0.6 is 0 Å². The SMILES string of the molecule is CNCC1CCCN(C2CCCN(C(C)C)CC2)C1. The fourth-order valence-electron chi connectivity index (χ4n) is 3.87. The molecule has 2 fully saturated rings. The van der Waals surface area contributed by atoms with Gasteiger partial charge >= 0.3 is 0 Å². The first-order valence-electron chi connectivity index (χ1n) is 8.33. The van der Waals surface area contributed by atoms with Crippen molar-refractivity contribution < 1.29 is 0 Å². The molecular formula is C16H33N3. The van der Waals surface area contributed by atoms with Crippen LogP contribution in [0.2, 0.25) is 0 Å². The zero-order chi connectivity index (χ0) is 13.7. The number of hydrogen-bond donors (Lipinski definition) is 1. The van der Waals surface area contributed by atoms with Gasteiger partial charge in [-0.25, -0.2) is 0 Å². The normalized spacial score (nSPS) is 31.6. The van der Waals surface area contributed by atoms with Crippen molar-refractivity contribution in [2.24, 2.45) is 5.92 Å². The summed E-state index contributed by atoms with van der Waals surface area (Å²) in [4.78, 5) is 5.46. The Bertz CT molecular complexity index is 252. The minimum atomic E-state index is 0.720. The second-order valence-electron chi connectivity index (χ2n) is 6.78. The second-order valence-corrected chi connectivity index (χ2v) is 6.78. The van der Waals surface area contributed by atoms with Gasteiger partial charge in [-0.15, -0.1) is 0 Å². The summed E-state index contributed by atoms with van der Waals surface area (Å²) < 4.78 is 0. The Hall–Kier alpha value is -0.120. The smallest absolute Gasteiger partial charge is 0.0108 e. The van der Waals surface area contributed by atoms with Crippen LogP contribution < -0.4 is 5.32 Å². The van der Waals surface area contributed by atoms with Gasteiger partial charge in [-0.05, 0) is 85.1 Å². The topological polar surface area (TPSA) is 18.5 Å². The maximum absolute atomic E-state index is 3.36. The van der Waals surface area contributed by atoms with E-state index < -0.39 is 0 Å². The highest BCUT2D eigenvalue weighted by Gasteiger charge is 2.27. The molecule has 2 saturated heterocycles. The van der Waals surface area contributed by atoms with Gasteiger partial charge in [0.05, 0.1) is 0 Å². The van der Waals surface area contributed by atoms with Crippen molar-refractivity contribution in [2.45, 2.75) is 58.0 Å². The average Bonchev–Trinajstić information content (AvgIpc) is 2.65. The van der Waals surface area contributed by atoms with E-state index in [0.717, 1.165) is 18.0 Å². The second kappa shape index (κ2) is 7.61. The zero-order valence-electron chi connectivity index (χ0n) is 13.2. The summed E-state index contributed by atoms with van der Waals surface area (Å²) in [5, 5.41) is 3.36. The van der Waals surface area contributed by atoms with Crippen molar-refractivity contribution in [1.29, 1.82) is 0 Å². The molecule has 0 saturated carbocycles. The van der Waals surface area contributed by atoms with Crippen molar-refractivity contribution in [3.05, 3.63) is 0 Å². The van der Waals surface area contributed by atoms with Gasteiger partial charge in [0.2, 0.25) is 0 Å². The summed E-state index contributed by atoms with van der Waals surface area (Å²) in [5.74, 6) is 0.878. The number of hydrogen-bond acceptors (Lipinski definition) is 3. The molecule has 0 aliphatic carbocycles. The predicted octanol–water partition coefficient (Wildman–Crippen LogP) is 2.18. The first-order valence-corrected chi connectivity index (χ1v) is 8.33. The third-order valence-corrected chi connectivity index (χ3v) is 5.02. The monoisotopic (exact) mass is 267 g/mol. The lowest BCUT2D eigenvalue weighted by molar-refractivity contribution is 0.111. The molecule has 2 heterocycles. The lowest BCUT2D eigenvalue weighted by Gasteiger charge is -2.38. The van der Waals surface area contributed by atoms with E-state index in [0.29, 0.717) is 0 Å². The molecule has 0 bridgehead atoms. The van der Waals surface area contributed by atoms with E-state index in [9.17, 15) is 0 Å². The molecule has 0 spiro atoms. The Morgan fingerprint density at radius 2 is 1.84 bits per heavy atom. The summed E-state index contributed by atoms with van der Waals surface area (Å²) >= 11 is 0. The van der Waals surface area contributed by atoms with Crippen LogP contribution in [0.1, 0.15) is 46.0 Å². The van der Waals surface area contributed by atoms with Crippen molar-refractivity contribution in [1.82, 2.24) is 15.1 Å². The van der Waals surface area contributed by atoms with Crippen molar-refractivity contribution >= 4 is 0 Å². The summed E-state index contributed by atoms with van der Waals surface area (Å²) in [6, 6.07) is 1.57. The maximum atomic E-state index is 3.36. The van der Waals surface area contributed by atoms with Crippen LogP contribution in [0.3, 0.4) is 0 Å². The first kappa shape index (κ1) is 15.3. The lowest BCUT2D eigenvalue weighted by atomic mass is 9.95. The van der Waals surface area contributed by atoms with Crippen molar-refractivity contribution in [3.8, 4) is 0 Å². The maximum Gasteiger partial charge on any atom is 0.0108 e. The number of nitrogens with one attached hydrogen (secondary N) is 1. The Balaban J connectivity index is 1.83. The molecule has 2 aliphatic heterocycles. The van der Waals surface area contributed by atoms with E-state index in [1.165, 1.54) is 64.8 Å². The van der Waals surface area contributed by atoms with E-state index in [2.05, 4.69) is 36.0 Å². The summed E-state index contributed by atoms with van der Waals surface area (Å²) in [7, 11) is 2.09. The summed E-state index contributed by atoms with van der Waals surface area (Å²) in [6.07, 6.45) is 6.99. The Kier molecular flexibility index (Phi) is 6.11. The van der Waals surface area contributed by atoms with Gasteiger partial charge in [-0.1, -0.05) is 0 Å². The molecule has 0 aromatic heterocycles. The molecule has 0 aromatic rings. The molecule has 0 amide bonds. The Labute approximate surface area is 119 Å². The molecule has 2 unspecified atom stereocenters. The number of rotatable bonds is 4. The van der Waals surface area contributed by atoms with E-state index >= 15 is 0 Å². The zero-order valence-corrected chi connectivity index (χ0v) is 13.2. The standard InChI is InChI=1S/C16H33N3/c1-14(2)18-9-5-7-16(8-11-18)19-10-4-6-15(13-19)12-17-3/h14-17H,4-13H2,1-3H3. The highest BCUT2D eigenvalue weighted by Crippen LogP contribution is 2.24. The molecule has 19 heavy (non-hydrogen) atoms. The molecule has 2 rings (SSSR count). The average molecular weight is 267 g/mol. The minimum absolute atomic E-state index is 0.720. The molecule has 3 heteroatoms. The largest absolute Gasteiger partial charge is 0.319 e. The van der Waals surface area contributed by atoms with Crippen molar-refractivity contribution in [3.63, 3.8) is 0 Å². The fourth-order valence-corrected chi connectivity index (χ4v) is 3.87. The van der Waals surface area contributed by atoms with Gasteiger partial charge in [-0.3, -0.25) is 0 Å². The Morgan fingerprint density at radius 3 is 2.58 bits per heavy atom. The van der Waals surface area contributed by atoms with Gasteiger partial charge in [0, 0.05) is 18.6 Å². The highest BCUT2D eigenvalue weighted by atomic mass is 15.2.